The van der Waals surface area contributed by atoms with Gasteiger partial charge in [0, 0.05) is 13.1 Å². The topological polar surface area (TPSA) is 23.5 Å². The molecule has 1 fully saturated rings. The SMILES string of the molecule is CC1(O)CCN(CCCCCCCCCS)CC1. The highest BCUT2D eigenvalue weighted by Gasteiger charge is 2.26. The Morgan fingerprint density at radius 3 is 2.00 bits per heavy atom. The Balaban J connectivity index is 1.87. The van der Waals surface area contributed by atoms with Gasteiger partial charge in [0.05, 0.1) is 5.60 Å². The Kier molecular flexibility index (Phi) is 8.36. The van der Waals surface area contributed by atoms with E-state index in [0.29, 0.717) is 0 Å². The monoisotopic (exact) mass is 273 g/mol. The molecule has 1 saturated heterocycles. The number of rotatable bonds is 9. The number of aliphatic hydroxyl groups is 1. The Bertz CT molecular complexity index is 199. The average Bonchev–Trinajstić information content (AvgIpc) is 2.34. The number of likely N-dealkylation sites (tertiary alicyclic amines) is 1. The van der Waals surface area contributed by atoms with Crippen LogP contribution in [0.5, 0.6) is 0 Å². The first-order valence-corrected chi connectivity index (χ1v) is 8.33. The normalized spacial score (nSPS) is 20.2. The van der Waals surface area contributed by atoms with Crippen molar-refractivity contribution in [1.82, 2.24) is 4.90 Å². The van der Waals surface area contributed by atoms with E-state index >= 15 is 0 Å². The van der Waals surface area contributed by atoms with Gasteiger partial charge in [0.2, 0.25) is 0 Å². The molecule has 0 saturated carbocycles. The zero-order valence-corrected chi connectivity index (χ0v) is 12.9. The van der Waals surface area contributed by atoms with Crippen LogP contribution in [0.3, 0.4) is 0 Å². The van der Waals surface area contributed by atoms with Crippen LogP contribution in [-0.4, -0.2) is 41.0 Å². The van der Waals surface area contributed by atoms with Crippen molar-refractivity contribution in [2.45, 2.75) is 70.3 Å². The van der Waals surface area contributed by atoms with Crippen molar-refractivity contribution >= 4 is 12.6 Å². The zero-order chi connectivity index (χ0) is 13.3. The van der Waals surface area contributed by atoms with E-state index in [4.69, 9.17) is 0 Å². The highest BCUT2D eigenvalue weighted by molar-refractivity contribution is 7.80. The van der Waals surface area contributed by atoms with Crippen molar-refractivity contribution in [2.75, 3.05) is 25.4 Å². The smallest absolute Gasteiger partial charge is 0.0644 e. The van der Waals surface area contributed by atoms with E-state index in [2.05, 4.69) is 17.5 Å². The maximum Gasteiger partial charge on any atom is 0.0644 e. The van der Waals surface area contributed by atoms with Gasteiger partial charge < -0.3 is 10.0 Å². The lowest BCUT2D eigenvalue weighted by atomic mass is 9.94. The van der Waals surface area contributed by atoms with Gasteiger partial charge in [0.15, 0.2) is 0 Å². The molecule has 0 spiro atoms. The second kappa shape index (κ2) is 9.22. The Hall–Kier alpha value is 0.270. The Morgan fingerprint density at radius 1 is 0.944 bits per heavy atom. The van der Waals surface area contributed by atoms with Crippen LogP contribution in [0.1, 0.15) is 64.7 Å². The molecule has 0 aliphatic carbocycles. The van der Waals surface area contributed by atoms with Crippen molar-refractivity contribution in [2.24, 2.45) is 0 Å². The number of unbranched alkanes of at least 4 members (excludes halogenated alkanes) is 6. The van der Waals surface area contributed by atoms with Crippen LogP contribution < -0.4 is 0 Å². The van der Waals surface area contributed by atoms with Crippen molar-refractivity contribution in [3.05, 3.63) is 0 Å². The van der Waals surface area contributed by atoms with E-state index in [1.807, 2.05) is 6.92 Å². The van der Waals surface area contributed by atoms with E-state index in [0.717, 1.165) is 31.7 Å². The molecule has 0 aromatic rings. The summed E-state index contributed by atoms with van der Waals surface area (Å²) >= 11 is 4.23. The summed E-state index contributed by atoms with van der Waals surface area (Å²) in [4.78, 5) is 2.51. The molecule has 3 heteroatoms. The van der Waals surface area contributed by atoms with Crippen molar-refractivity contribution in [3.8, 4) is 0 Å². The summed E-state index contributed by atoms with van der Waals surface area (Å²) in [6.07, 6.45) is 11.4. The first kappa shape index (κ1) is 16.3. The lowest BCUT2D eigenvalue weighted by Gasteiger charge is -2.35. The highest BCUT2D eigenvalue weighted by atomic mass is 32.1. The standard InChI is InChI=1S/C15H31NOS/c1-15(17)9-12-16(13-10-15)11-7-5-3-2-4-6-8-14-18/h17-18H,2-14H2,1H3. The van der Waals surface area contributed by atoms with Gasteiger partial charge in [0.1, 0.15) is 0 Å². The van der Waals surface area contributed by atoms with Crippen LogP contribution in [-0.2, 0) is 0 Å². The molecule has 0 amide bonds. The van der Waals surface area contributed by atoms with E-state index in [9.17, 15) is 5.11 Å². The molecular formula is C15H31NOS. The van der Waals surface area contributed by atoms with Crippen LogP contribution in [0.4, 0.5) is 0 Å². The van der Waals surface area contributed by atoms with Crippen molar-refractivity contribution < 1.29 is 5.11 Å². The predicted octanol–water partition coefficient (Wildman–Crippen LogP) is 3.49. The molecule has 1 aliphatic heterocycles. The maximum atomic E-state index is 9.87. The molecule has 0 aromatic heterocycles. The number of thiol groups is 1. The number of hydrogen-bond acceptors (Lipinski definition) is 3. The quantitative estimate of drug-likeness (QED) is 0.496. The molecule has 1 aliphatic rings. The molecular weight excluding hydrogens is 242 g/mol. The van der Waals surface area contributed by atoms with Gasteiger partial charge in [-0.05, 0) is 44.9 Å². The summed E-state index contributed by atoms with van der Waals surface area (Å²) in [5, 5.41) is 9.87. The van der Waals surface area contributed by atoms with Gasteiger partial charge in [-0.25, -0.2) is 0 Å². The third kappa shape index (κ3) is 7.65. The molecule has 1 N–H and O–H groups in total. The molecule has 0 aromatic carbocycles. The molecule has 2 nitrogen and oxygen atoms in total. The first-order chi connectivity index (χ1) is 8.64. The fourth-order valence-electron chi connectivity index (χ4n) is 2.59. The molecule has 1 rings (SSSR count). The maximum absolute atomic E-state index is 9.87. The summed E-state index contributed by atoms with van der Waals surface area (Å²) < 4.78 is 0. The summed E-state index contributed by atoms with van der Waals surface area (Å²) in [6, 6.07) is 0. The van der Waals surface area contributed by atoms with Crippen molar-refractivity contribution in [1.29, 1.82) is 0 Å². The highest BCUT2D eigenvalue weighted by Crippen LogP contribution is 2.21. The molecule has 18 heavy (non-hydrogen) atoms. The number of nitrogens with zero attached hydrogens (tertiary/aromatic N) is 1. The van der Waals surface area contributed by atoms with Gasteiger partial charge >= 0.3 is 0 Å². The van der Waals surface area contributed by atoms with Crippen LogP contribution in [0.2, 0.25) is 0 Å². The van der Waals surface area contributed by atoms with Crippen LogP contribution in [0, 0.1) is 0 Å². The zero-order valence-electron chi connectivity index (χ0n) is 12.0. The van der Waals surface area contributed by atoms with Gasteiger partial charge in [-0.15, -0.1) is 0 Å². The average molecular weight is 273 g/mol. The van der Waals surface area contributed by atoms with Crippen LogP contribution in [0.15, 0.2) is 0 Å². The second-order valence-electron chi connectivity index (χ2n) is 6.04. The van der Waals surface area contributed by atoms with Gasteiger partial charge in [0.25, 0.3) is 0 Å². The third-order valence-corrected chi connectivity index (χ3v) is 4.38. The van der Waals surface area contributed by atoms with E-state index < -0.39 is 5.60 Å². The van der Waals surface area contributed by atoms with E-state index in [1.54, 1.807) is 0 Å². The van der Waals surface area contributed by atoms with Gasteiger partial charge in [-0.3, -0.25) is 0 Å². The third-order valence-electron chi connectivity index (χ3n) is 4.07. The minimum atomic E-state index is -0.399. The summed E-state index contributed by atoms with van der Waals surface area (Å²) in [5.74, 6) is 1.04. The minimum Gasteiger partial charge on any atom is -0.390 e. The molecule has 0 atom stereocenters. The second-order valence-corrected chi connectivity index (χ2v) is 6.48. The van der Waals surface area contributed by atoms with Gasteiger partial charge in [-0.1, -0.05) is 32.1 Å². The Morgan fingerprint density at radius 2 is 1.44 bits per heavy atom. The van der Waals surface area contributed by atoms with E-state index in [-0.39, 0.29) is 0 Å². The fourth-order valence-corrected chi connectivity index (χ4v) is 2.81. The minimum absolute atomic E-state index is 0.399. The predicted molar refractivity (Wildman–Crippen MR) is 82.5 cm³/mol. The summed E-state index contributed by atoms with van der Waals surface area (Å²) in [7, 11) is 0. The molecule has 108 valence electrons. The lowest BCUT2D eigenvalue weighted by Crippen LogP contribution is -2.42. The molecule has 0 radical (unpaired) electrons. The lowest BCUT2D eigenvalue weighted by molar-refractivity contribution is -0.00554. The number of piperidine rings is 1. The molecule has 0 unspecified atom stereocenters. The summed E-state index contributed by atoms with van der Waals surface area (Å²) in [6.45, 7) is 5.35. The summed E-state index contributed by atoms with van der Waals surface area (Å²) in [5.41, 5.74) is -0.399. The van der Waals surface area contributed by atoms with Gasteiger partial charge in [-0.2, -0.15) is 12.6 Å². The Labute approximate surface area is 119 Å². The molecule has 0 bridgehead atoms. The van der Waals surface area contributed by atoms with Crippen LogP contribution in [0.25, 0.3) is 0 Å². The molecule has 1 heterocycles. The largest absolute Gasteiger partial charge is 0.390 e. The first-order valence-electron chi connectivity index (χ1n) is 7.70. The van der Waals surface area contributed by atoms with Crippen LogP contribution >= 0.6 is 12.6 Å². The number of hydrogen-bond donors (Lipinski definition) is 2. The van der Waals surface area contributed by atoms with Crippen molar-refractivity contribution in [3.63, 3.8) is 0 Å². The fraction of sp³-hybridized carbons (Fsp3) is 1.00. The van der Waals surface area contributed by atoms with E-state index in [1.165, 1.54) is 51.5 Å².